The minimum absolute atomic E-state index is 0. The van der Waals surface area contributed by atoms with E-state index in [1.807, 2.05) is 13.0 Å². The lowest BCUT2D eigenvalue weighted by Gasteiger charge is -2.10. The average molecular weight is 499 g/mol. The van der Waals surface area contributed by atoms with Gasteiger partial charge in [-0.3, -0.25) is 5.10 Å². The summed E-state index contributed by atoms with van der Waals surface area (Å²) in [5.41, 5.74) is 2.03. The van der Waals surface area contributed by atoms with Gasteiger partial charge >= 0.3 is 0 Å². The van der Waals surface area contributed by atoms with Gasteiger partial charge in [-0.15, -0.1) is 29.1 Å². The second-order valence-electron chi connectivity index (χ2n) is 5.87. The van der Waals surface area contributed by atoms with Gasteiger partial charge in [-0.1, -0.05) is 19.0 Å². The zero-order valence-electron chi connectivity index (χ0n) is 16.3. The van der Waals surface area contributed by atoms with Gasteiger partial charge in [0.15, 0.2) is 11.7 Å². The monoisotopic (exact) mass is 499 g/mol. The number of guanidine groups is 1. The molecule has 3 N–H and O–H groups in total. The first kappa shape index (κ1) is 21.9. The van der Waals surface area contributed by atoms with E-state index < -0.39 is 0 Å². The van der Waals surface area contributed by atoms with Crippen molar-refractivity contribution in [2.45, 2.75) is 46.7 Å². The van der Waals surface area contributed by atoms with Crippen molar-refractivity contribution < 1.29 is 8.94 Å². The molecule has 3 aromatic rings. The Morgan fingerprint density at radius 1 is 1.21 bits per heavy atom. The first-order valence-corrected chi connectivity index (χ1v) is 9.18. The molecule has 0 aromatic carbocycles. The van der Waals surface area contributed by atoms with Crippen LogP contribution in [-0.2, 0) is 25.9 Å². The Morgan fingerprint density at radius 2 is 2.07 bits per heavy atom. The zero-order valence-corrected chi connectivity index (χ0v) is 18.6. The van der Waals surface area contributed by atoms with E-state index in [0.29, 0.717) is 36.5 Å². The van der Waals surface area contributed by atoms with Crippen molar-refractivity contribution in [3.05, 3.63) is 41.2 Å². The van der Waals surface area contributed by atoms with Crippen LogP contribution in [-0.4, -0.2) is 32.8 Å². The van der Waals surface area contributed by atoms with E-state index in [2.05, 4.69) is 49.8 Å². The molecule has 0 atom stereocenters. The molecule has 0 aliphatic heterocycles. The van der Waals surface area contributed by atoms with Crippen molar-refractivity contribution in [1.82, 2.24) is 31.0 Å². The molecule has 0 bridgehead atoms. The van der Waals surface area contributed by atoms with E-state index in [9.17, 15) is 0 Å². The lowest BCUT2D eigenvalue weighted by Crippen LogP contribution is -2.37. The summed E-state index contributed by atoms with van der Waals surface area (Å²) in [5, 5.41) is 17.7. The number of aromatic nitrogens is 4. The lowest BCUT2D eigenvalue weighted by atomic mass is 10.1. The lowest BCUT2D eigenvalue weighted by molar-refractivity contribution is 0.380. The van der Waals surface area contributed by atoms with Crippen molar-refractivity contribution in [2.75, 3.05) is 6.54 Å². The topological polar surface area (TPSA) is 117 Å². The number of aryl methyl sites for hydroxylation is 2. The Labute approximate surface area is 180 Å². The molecule has 152 valence electrons. The van der Waals surface area contributed by atoms with Gasteiger partial charge in [-0.25, -0.2) is 9.98 Å². The van der Waals surface area contributed by atoms with Crippen molar-refractivity contribution >= 4 is 29.9 Å². The smallest absolute Gasteiger partial charge is 0.216 e. The summed E-state index contributed by atoms with van der Waals surface area (Å²) in [5.74, 6) is 3.44. The molecule has 28 heavy (non-hydrogen) atoms. The molecule has 0 fully saturated rings. The maximum Gasteiger partial charge on any atom is 0.216 e. The summed E-state index contributed by atoms with van der Waals surface area (Å²) in [6, 6.07) is 3.63. The molecule has 3 rings (SSSR count). The number of halogens is 1. The summed E-state index contributed by atoms with van der Waals surface area (Å²) in [6.07, 6.45) is 3.22. The van der Waals surface area contributed by atoms with Crippen LogP contribution in [0.5, 0.6) is 0 Å². The fraction of sp³-hybridized carbons (Fsp3) is 0.444. The van der Waals surface area contributed by atoms with Crippen LogP contribution in [0.2, 0.25) is 0 Å². The number of nitrogens with one attached hydrogen (secondary N) is 3. The molecule has 9 nitrogen and oxygen atoms in total. The van der Waals surface area contributed by atoms with E-state index in [1.54, 1.807) is 12.3 Å². The molecule has 3 aromatic heterocycles. The number of nitrogens with zero attached hydrogens (tertiary/aromatic N) is 4. The Morgan fingerprint density at radius 3 is 2.75 bits per heavy atom. The fourth-order valence-corrected chi connectivity index (χ4v) is 2.67. The van der Waals surface area contributed by atoms with E-state index in [-0.39, 0.29) is 24.0 Å². The van der Waals surface area contributed by atoms with Crippen LogP contribution in [0.3, 0.4) is 0 Å². The molecule has 0 aliphatic carbocycles. The second-order valence-corrected chi connectivity index (χ2v) is 5.87. The molecule has 0 saturated carbocycles. The first-order chi connectivity index (χ1) is 13.2. The van der Waals surface area contributed by atoms with E-state index in [1.165, 1.54) is 0 Å². The largest absolute Gasteiger partial charge is 0.461 e. The summed E-state index contributed by atoms with van der Waals surface area (Å²) < 4.78 is 10.7. The van der Waals surface area contributed by atoms with Gasteiger partial charge in [-0.2, -0.15) is 0 Å². The van der Waals surface area contributed by atoms with Gasteiger partial charge in [0.1, 0.15) is 11.6 Å². The molecular formula is C18H26IN7O2. The van der Waals surface area contributed by atoms with Crippen LogP contribution in [0, 0.1) is 0 Å². The number of aliphatic imine (C=N–C) groups is 1. The molecular weight excluding hydrogens is 473 g/mol. The number of rotatable bonds is 8. The highest BCUT2D eigenvalue weighted by molar-refractivity contribution is 14.0. The number of hydrogen-bond donors (Lipinski definition) is 3. The highest BCUT2D eigenvalue weighted by Crippen LogP contribution is 2.17. The summed E-state index contributed by atoms with van der Waals surface area (Å²) >= 11 is 0. The standard InChI is InChI=1S/C18H25N7O2.HI/c1-4-13-12(14(5-2)27-25-13)10-20-18(19-6-3)21-11-16-22-17(24-23-16)15-8-7-9-26-15;/h7-9H,4-6,10-11H2,1-3H3,(H2,19,20,21)(H,22,23,24);1H. The van der Waals surface area contributed by atoms with E-state index in [4.69, 9.17) is 8.94 Å². The predicted octanol–water partition coefficient (Wildman–Crippen LogP) is 3.05. The Hall–Kier alpha value is -2.37. The summed E-state index contributed by atoms with van der Waals surface area (Å²) in [6.45, 7) is 7.87. The van der Waals surface area contributed by atoms with Gasteiger partial charge in [-0.05, 0) is 25.5 Å². The maximum atomic E-state index is 5.40. The highest BCUT2D eigenvalue weighted by atomic mass is 127. The minimum Gasteiger partial charge on any atom is -0.461 e. The number of H-pyrrole nitrogens is 1. The molecule has 0 aliphatic rings. The van der Waals surface area contributed by atoms with Crippen molar-refractivity contribution in [3.63, 3.8) is 0 Å². The number of hydrogen-bond acceptors (Lipinski definition) is 6. The van der Waals surface area contributed by atoms with Crippen molar-refractivity contribution in [3.8, 4) is 11.6 Å². The Bertz CT molecular complexity index is 849. The normalized spacial score (nSPS) is 11.3. The van der Waals surface area contributed by atoms with Gasteiger partial charge in [0, 0.05) is 18.5 Å². The second kappa shape index (κ2) is 10.8. The average Bonchev–Trinajstić information content (AvgIpc) is 3.43. The zero-order chi connectivity index (χ0) is 19.1. The maximum absolute atomic E-state index is 5.40. The number of furan rings is 1. The van der Waals surface area contributed by atoms with Crippen LogP contribution in [0.15, 0.2) is 32.3 Å². The van der Waals surface area contributed by atoms with Crippen molar-refractivity contribution in [1.29, 1.82) is 0 Å². The Balaban J connectivity index is 0.00000280. The summed E-state index contributed by atoms with van der Waals surface area (Å²) in [7, 11) is 0. The summed E-state index contributed by atoms with van der Waals surface area (Å²) in [4.78, 5) is 9.08. The van der Waals surface area contributed by atoms with Gasteiger partial charge in [0.25, 0.3) is 0 Å². The van der Waals surface area contributed by atoms with Crippen LogP contribution in [0.1, 0.15) is 43.6 Å². The SMILES string of the molecule is CCNC(=NCc1c(CC)noc1CC)NCc1nc(-c2ccco2)n[nH]1.I. The highest BCUT2D eigenvalue weighted by Gasteiger charge is 2.13. The molecule has 0 amide bonds. The van der Waals surface area contributed by atoms with Crippen LogP contribution >= 0.6 is 24.0 Å². The van der Waals surface area contributed by atoms with Crippen LogP contribution in [0.25, 0.3) is 11.6 Å². The predicted molar refractivity (Wildman–Crippen MR) is 116 cm³/mol. The Kier molecular flexibility index (Phi) is 8.48. The molecule has 0 radical (unpaired) electrons. The third-order valence-electron chi connectivity index (χ3n) is 4.04. The van der Waals surface area contributed by atoms with Gasteiger partial charge in [0.05, 0.1) is 25.0 Å². The minimum atomic E-state index is 0. The van der Waals surface area contributed by atoms with E-state index >= 15 is 0 Å². The fourth-order valence-electron chi connectivity index (χ4n) is 2.67. The molecule has 0 spiro atoms. The third-order valence-corrected chi connectivity index (χ3v) is 4.04. The van der Waals surface area contributed by atoms with E-state index in [0.717, 1.165) is 36.4 Å². The quantitative estimate of drug-likeness (QED) is 0.248. The molecule has 0 unspecified atom stereocenters. The van der Waals surface area contributed by atoms with Crippen LogP contribution < -0.4 is 10.6 Å². The molecule has 3 heterocycles. The molecule has 10 heteroatoms. The number of aromatic amines is 1. The first-order valence-electron chi connectivity index (χ1n) is 9.18. The van der Waals surface area contributed by atoms with Gasteiger partial charge < -0.3 is 19.6 Å². The van der Waals surface area contributed by atoms with Gasteiger partial charge in [0.2, 0.25) is 5.82 Å². The third kappa shape index (κ3) is 5.33. The van der Waals surface area contributed by atoms with Crippen molar-refractivity contribution in [2.24, 2.45) is 4.99 Å². The van der Waals surface area contributed by atoms with Crippen LogP contribution in [0.4, 0.5) is 0 Å². The molecule has 0 saturated heterocycles.